The molecule has 3 aromatic rings. The number of piperidine rings is 1. The highest BCUT2D eigenvalue weighted by molar-refractivity contribution is 5.95. The van der Waals surface area contributed by atoms with Crippen molar-refractivity contribution in [3.8, 4) is 28.5 Å². The van der Waals surface area contributed by atoms with Crippen molar-refractivity contribution in [2.24, 2.45) is 7.05 Å². The van der Waals surface area contributed by atoms with Crippen LogP contribution in [-0.4, -0.2) is 46.9 Å². The second-order valence-corrected chi connectivity index (χ2v) is 8.44. The second kappa shape index (κ2) is 8.46. The summed E-state index contributed by atoms with van der Waals surface area (Å²) in [6.45, 7) is 6.11. The monoisotopic (exact) mass is 447 g/mol. The average molecular weight is 448 g/mol. The van der Waals surface area contributed by atoms with E-state index < -0.39 is 5.60 Å². The number of fused-ring (bicyclic) bond motifs is 4. The number of aromatic nitrogens is 2. The van der Waals surface area contributed by atoms with Crippen LogP contribution in [0.1, 0.15) is 42.6 Å². The van der Waals surface area contributed by atoms with Crippen LogP contribution in [0, 0.1) is 0 Å². The lowest BCUT2D eigenvalue weighted by Gasteiger charge is -2.44. The normalized spacial score (nSPS) is 16.0. The van der Waals surface area contributed by atoms with E-state index in [-0.39, 0.29) is 5.91 Å². The number of ether oxygens (including phenoxy) is 3. The molecule has 0 radical (unpaired) electrons. The fourth-order valence-electron chi connectivity index (χ4n) is 4.92. The molecule has 2 aliphatic rings. The third-order valence-electron chi connectivity index (χ3n) is 6.53. The van der Waals surface area contributed by atoms with Crippen LogP contribution in [0.5, 0.6) is 17.2 Å². The molecule has 0 atom stereocenters. The minimum Gasteiger partial charge on any atom is -0.490 e. The molecule has 3 heterocycles. The first kappa shape index (κ1) is 21.4. The third-order valence-corrected chi connectivity index (χ3v) is 6.53. The highest BCUT2D eigenvalue weighted by atomic mass is 16.5. The van der Waals surface area contributed by atoms with Gasteiger partial charge in [0.05, 0.1) is 25.1 Å². The van der Waals surface area contributed by atoms with Gasteiger partial charge in [-0.3, -0.25) is 9.48 Å². The van der Waals surface area contributed by atoms with E-state index in [1.165, 1.54) is 0 Å². The van der Waals surface area contributed by atoms with E-state index in [1.807, 2.05) is 67.0 Å². The first-order valence-electron chi connectivity index (χ1n) is 11.6. The minimum absolute atomic E-state index is 0.00327. The Labute approximate surface area is 193 Å². The van der Waals surface area contributed by atoms with Crippen molar-refractivity contribution in [2.45, 2.75) is 32.3 Å². The smallest absolute Gasteiger partial charge is 0.253 e. The molecule has 0 N–H and O–H groups in total. The molecule has 0 bridgehead atoms. The Morgan fingerprint density at radius 3 is 2.55 bits per heavy atom. The molecule has 172 valence electrons. The van der Waals surface area contributed by atoms with Crippen molar-refractivity contribution in [3.05, 3.63) is 59.8 Å². The van der Waals surface area contributed by atoms with Crippen LogP contribution < -0.4 is 14.2 Å². The maximum atomic E-state index is 13.3. The number of nitrogens with zero attached hydrogens (tertiary/aromatic N) is 3. The zero-order valence-electron chi connectivity index (χ0n) is 19.3. The molecule has 1 aromatic heterocycles. The standard InChI is InChI=1S/C26H29N3O4/c1-4-31-22-11-10-18(16-23(22)32-5-2)25(30)29-14-12-26(13-15-29)20-17-27-28(3)24(20)19-8-6-7-9-21(19)33-26/h6-11,16-17H,4-5,12-15H2,1-3H3. The number of hydrogen-bond acceptors (Lipinski definition) is 5. The van der Waals surface area contributed by atoms with Gasteiger partial charge >= 0.3 is 0 Å². The van der Waals surface area contributed by atoms with Crippen LogP contribution >= 0.6 is 0 Å². The molecule has 1 spiro atoms. The molecular weight excluding hydrogens is 418 g/mol. The molecule has 1 saturated heterocycles. The predicted octanol–water partition coefficient (Wildman–Crippen LogP) is 4.41. The van der Waals surface area contributed by atoms with Crippen molar-refractivity contribution in [2.75, 3.05) is 26.3 Å². The topological polar surface area (TPSA) is 65.8 Å². The van der Waals surface area contributed by atoms with Gasteiger partial charge in [-0.25, -0.2) is 0 Å². The number of benzene rings is 2. The molecule has 0 aliphatic carbocycles. The van der Waals surface area contributed by atoms with Crippen LogP contribution in [-0.2, 0) is 12.6 Å². The summed E-state index contributed by atoms with van der Waals surface area (Å²) in [6.07, 6.45) is 3.34. The summed E-state index contributed by atoms with van der Waals surface area (Å²) in [5, 5.41) is 4.53. The van der Waals surface area contributed by atoms with Gasteiger partial charge in [-0.1, -0.05) is 12.1 Å². The molecule has 1 amide bonds. The summed E-state index contributed by atoms with van der Waals surface area (Å²) in [7, 11) is 1.97. The minimum atomic E-state index is -0.468. The molecule has 5 rings (SSSR count). The largest absolute Gasteiger partial charge is 0.490 e. The zero-order valence-corrected chi connectivity index (χ0v) is 19.3. The molecule has 7 nitrogen and oxygen atoms in total. The van der Waals surface area contributed by atoms with Crippen molar-refractivity contribution >= 4 is 5.91 Å². The van der Waals surface area contributed by atoms with E-state index in [9.17, 15) is 4.79 Å². The van der Waals surface area contributed by atoms with Gasteiger partial charge in [-0.05, 0) is 44.2 Å². The summed E-state index contributed by atoms with van der Waals surface area (Å²) >= 11 is 0. The van der Waals surface area contributed by atoms with Crippen LogP contribution in [0.4, 0.5) is 0 Å². The van der Waals surface area contributed by atoms with Gasteiger partial charge in [0.25, 0.3) is 5.91 Å². The Bertz CT molecular complexity index is 1180. The number of amides is 1. The van der Waals surface area contributed by atoms with Crippen molar-refractivity contribution < 1.29 is 19.0 Å². The SMILES string of the molecule is CCOc1ccc(C(=O)N2CCC3(CC2)Oc2ccccc2-c2c3cnn2C)cc1OCC. The fourth-order valence-corrected chi connectivity index (χ4v) is 4.92. The highest BCUT2D eigenvalue weighted by Gasteiger charge is 2.45. The van der Waals surface area contributed by atoms with Gasteiger partial charge in [0.1, 0.15) is 11.4 Å². The van der Waals surface area contributed by atoms with Crippen molar-refractivity contribution in [3.63, 3.8) is 0 Å². The number of rotatable bonds is 5. The van der Waals surface area contributed by atoms with E-state index in [4.69, 9.17) is 14.2 Å². The summed E-state index contributed by atoms with van der Waals surface area (Å²) < 4.78 is 19.9. The lowest BCUT2D eigenvalue weighted by atomic mass is 9.81. The zero-order chi connectivity index (χ0) is 23.0. The summed E-state index contributed by atoms with van der Waals surface area (Å²) in [6, 6.07) is 13.5. The van der Waals surface area contributed by atoms with E-state index in [0.29, 0.717) is 56.2 Å². The van der Waals surface area contributed by atoms with Crippen molar-refractivity contribution in [1.29, 1.82) is 0 Å². The van der Waals surface area contributed by atoms with Gasteiger partial charge in [-0.15, -0.1) is 0 Å². The number of hydrogen-bond donors (Lipinski definition) is 0. The Hall–Kier alpha value is -3.48. The van der Waals surface area contributed by atoms with Crippen molar-refractivity contribution in [1.82, 2.24) is 14.7 Å². The van der Waals surface area contributed by atoms with E-state index in [1.54, 1.807) is 6.07 Å². The number of aryl methyl sites for hydroxylation is 1. The lowest BCUT2D eigenvalue weighted by molar-refractivity contribution is -0.00173. The third kappa shape index (κ3) is 3.61. The van der Waals surface area contributed by atoms with Gasteiger partial charge in [-0.2, -0.15) is 5.10 Å². The second-order valence-electron chi connectivity index (χ2n) is 8.44. The first-order valence-corrected chi connectivity index (χ1v) is 11.6. The molecule has 2 aromatic carbocycles. The van der Waals surface area contributed by atoms with Gasteiger partial charge in [0.15, 0.2) is 11.5 Å². The summed E-state index contributed by atoms with van der Waals surface area (Å²) in [4.78, 5) is 15.2. The average Bonchev–Trinajstić information content (AvgIpc) is 3.23. The molecule has 0 unspecified atom stereocenters. The van der Waals surface area contributed by atoms with Crippen LogP contribution in [0.15, 0.2) is 48.7 Å². The van der Waals surface area contributed by atoms with Gasteiger partial charge < -0.3 is 19.1 Å². The summed E-state index contributed by atoms with van der Waals surface area (Å²) in [5.41, 5.74) is 3.41. The first-order chi connectivity index (χ1) is 16.1. The van der Waals surface area contributed by atoms with Crippen LogP contribution in [0.2, 0.25) is 0 Å². The molecule has 33 heavy (non-hydrogen) atoms. The number of carbonyl (C=O) groups is 1. The Morgan fingerprint density at radius 1 is 1.06 bits per heavy atom. The molecular formula is C26H29N3O4. The molecule has 0 saturated carbocycles. The van der Waals surface area contributed by atoms with Gasteiger partial charge in [0, 0.05) is 49.7 Å². The number of para-hydroxylation sites is 1. The lowest BCUT2D eigenvalue weighted by Crippen LogP contribution is -2.49. The van der Waals surface area contributed by atoms with E-state index >= 15 is 0 Å². The Morgan fingerprint density at radius 2 is 1.79 bits per heavy atom. The molecule has 1 fully saturated rings. The van der Waals surface area contributed by atoms with Crippen LogP contribution in [0.3, 0.4) is 0 Å². The quantitative estimate of drug-likeness (QED) is 0.580. The maximum absolute atomic E-state index is 13.3. The molecule has 2 aliphatic heterocycles. The summed E-state index contributed by atoms with van der Waals surface area (Å²) in [5.74, 6) is 2.13. The maximum Gasteiger partial charge on any atom is 0.253 e. The number of carbonyl (C=O) groups excluding carboxylic acids is 1. The van der Waals surface area contributed by atoms with Gasteiger partial charge in [0.2, 0.25) is 0 Å². The Balaban J connectivity index is 1.37. The predicted molar refractivity (Wildman–Crippen MR) is 125 cm³/mol. The molecule has 7 heteroatoms. The van der Waals surface area contributed by atoms with E-state index in [2.05, 4.69) is 11.2 Å². The number of likely N-dealkylation sites (tertiary alicyclic amines) is 1. The highest BCUT2D eigenvalue weighted by Crippen LogP contribution is 2.49. The Kier molecular flexibility index (Phi) is 5.48. The van der Waals surface area contributed by atoms with E-state index in [0.717, 1.165) is 22.6 Å². The van der Waals surface area contributed by atoms with Crippen LogP contribution in [0.25, 0.3) is 11.3 Å². The fraction of sp³-hybridized carbons (Fsp3) is 0.385.